The minimum absolute atomic E-state index is 0.201. The molecule has 0 atom stereocenters. The van der Waals surface area contributed by atoms with Crippen molar-refractivity contribution in [1.29, 1.82) is 0 Å². The summed E-state index contributed by atoms with van der Waals surface area (Å²) in [5.74, 6) is 0.583. The molecule has 0 spiro atoms. The lowest BCUT2D eigenvalue weighted by molar-refractivity contribution is 0.102. The first kappa shape index (κ1) is 11.8. The van der Waals surface area contributed by atoms with Crippen LogP contribution in [-0.2, 0) is 0 Å². The number of nitrogens with zero attached hydrogens (tertiary/aromatic N) is 2. The van der Waals surface area contributed by atoms with Gasteiger partial charge in [0.2, 0.25) is 0 Å². The predicted octanol–water partition coefficient (Wildman–Crippen LogP) is 1.32. The Morgan fingerprint density at radius 1 is 1.33 bits per heavy atom. The number of carbonyl (C=O) groups is 1. The molecule has 18 heavy (non-hydrogen) atoms. The molecule has 2 rings (SSSR count). The first-order valence-electron chi connectivity index (χ1n) is 5.22. The molecule has 3 N–H and O–H groups in total. The molecule has 0 aliphatic heterocycles. The van der Waals surface area contributed by atoms with E-state index in [1.54, 1.807) is 31.4 Å². The Morgan fingerprint density at radius 3 is 2.83 bits per heavy atom. The summed E-state index contributed by atoms with van der Waals surface area (Å²) < 4.78 is 5.06. The van der Waals surface area contributed by atoms with E-state index in [0.29, 0.717) is 11.4 Å². The zero-order chi connectivity index (χ0) is 13.0. The summed E-state index contributed by atoms with van der Waals surface area (Å²) >= 11 is 0. The molecule has 1 heterocycles. The Bertz CT molecular complexity index is 554. The molecule has 0 saturated carbocycles. The van der Waals surface area contributed by atoms with Gasteiger partial charge >= 0.3 is 0 Å². The maximum absolute atomic E-state index is 11.8. The first-order valence-corrected chi connectivity index (χ1v) is 5.22. The second-order valence-electron chi connectivity index (χ2n) is 3.51. The molecule has 0 saturated heterocycles. The van der Waals surface area contributed by atoms with Crippen LogP contribution < -0.4 is 15.8 Å². The highest BCUT2D eigenvalue weighted by molar-refractivity contribution is 6.02. The van der Waals surface area contributed by atoms with Gasteiger partial charge in [-0.05, 0) is 12.1 Å². The number of anilines is 2. The van der Waals surface area contributed by atoms with E-state index in [-0.39, 0.29) is 17.4 Å². The number of benzene rings is 1. The van der Waals surface area contributed by atoms with Gasteiger partial charge in [-0.25, -0.2) is 9.97 Å². The average molecular weight is 244 g/mol. The van der Waals surface area contributed by atoms with Crippen molar-refractivity contribution in [2.24, 2.45) is 0 Å². The summed E-state index contributed by atoms with van der Waals surface area (Å²) in [5, 5.41) is 2.69. The van der Waals surface area contributed by atoms with Crippen LogP contribution in [0.5, 0.6) is 5.75 Å². The Hall–Kier alpha value is -2.63. The molecule has 2 aromatic rings. The topological polar surface area (TPSA) is 90.1 Å². The Kier molecular flexibility index (Phi) is 3.38. The third kappa shape index (κ3) is 2.73. The highest BCUT2D eigenvalue weighted by Crippen LogP contribution is 2.17. The van der Waals surface area contributed by atoms with Crippen LogP contribution in [0, 0.1) is 0 Å². The fourth-order valence-corrected chi connectivity index (χ4v) is 1.35. The van der Waals surface area contributed by atoms with Crippen molar-refractivity contribution in [2.75, 3.05) is 18.2 Å². The zero-order valence-corrected chi connectivity index (χ0v) is 9.75. The fourth-order valence-electron chi connectivity index (χ4n) is 1.35. The minimum atomic E-state index is -0.351. The van der Waals surface area contributed by atoms with E-state index in [1.165, 1.54) is 12.4 Å². The maximum Gasteiger partial charge on any atom is 0.275 e. The largest absolute Gasteiger partial charge is 0.497 e. The van der Waals surface area contributed by atoms with E-state index >= 15 is 0 Å². The zero-order valence-electron chi connectivity index (χ0n) is 9.75. The van der Waals surface area contributed by atoms with Gasteiger partial charge in [0.1, 0.15) is 17.3 Å². The molecule has 1 amide bonds. The number of nitrogens with one attached hydrogen (secondary N) is 1. The number of nitrogens with two attached hydrogens (primary N) is 1. The van der Waals surface area contributed by atoms with Crippen LogP contribution in [0.25, 0.3) is 0 Å². The van der Waals surface area contributed by atoms with E-state index in [2.05, 4.69) is 15.3 Å². The van der Waals surface area contributed by atoms with Crippen LogP contribution in [0.2, 0.25) is 0 Å². The lowest BCUT2D eigenvalue weighted by Crippen LogP contribution is -2.14. The molecule has 6 nitrogen and oxygen atoms in total. The number of nitrogen functional groups attached to an aromatic ring is 1. The van der Waals surface area contributed by atoms with Gasteiger partial charge in [0.25, 0.3) is 5.91 Å². The van der Waals surface area contributed by atoms with Gasteiger partial charge in [-0.3, -0.25) is 4.79 Å². The van der Waals surface area contributed by atoms with Crippen molar-refractivity contribution in [1.82, 2.24) is 9.97 Å². The number of hydrogen-bond acceptors (Lipinski definition) is 5. The molecular formula is C12H12N4O2. The number of aromatic nitrogens is 2. The summed E-state index contributed by atoms with van der Waals surface area (Å²) in [7, 11) is 1.56. The number of methoxy groups -OCH3 is 1. The summed E-state index contributed by atoms with van der Waals surface area (Å²) in [6, 6.07) is 7.04. The van der Waals surface area contributed by atoms with Crippen molar-refractivity contribution in [3.05, 3.63) is 42.4 Å². The quantitative estimate of drug-likeness (QED) is 0.849. The van der Waals surface area contributed by atoms with Crippen LogP contribution in [0.4, 0.5) is 11.5 Å². The van der Waals surface area contributed by atoms with Crippen LogP contribution in [0.1, 0.15) is 10.5 Å². The third-order valence-electron chi connectivity index (χ3n) is 2.23. The lowest BCUT2D eigenvalue weighted by atomic mass is 10.3. The molecule has 0 fully saturated rings. The van der Waals surface area contributed by atoms with Gasteiger partial charge in [-0.15, -0.1) is 0 Å². The molecule has 92 valence electrons. The standard InChI is InChI=1S/C12H12N4O2/c1-18-9-4-2-3-8(5-9)16-12(17)10-6-15-11(13)7-14-10/h2-7H,1H3,(H2,13,15)(H,16,17). The second kappa shape index (κ2) is 5.13. The predicted molar refractivity (Wildman–Crippen MR) is 67.4 cm³/mol. The summed E-state index contributed by atoms with van der Waals surface area (Å²) in [5.41, 5.74) is 6.22. The molecule has 1 aromatic carbocycles. The van der Waals surface area contributed by atoms with Gasteiger partial charge in [0, 0.05) is 11.8 Å². The van der Waals surface area contributed by atoms with E-state index in [1.807, 2.05) is 0 Å². The monoisotopic (exact) mass is 244 g/mol. The van der Waals surface area contributed by atoms with Crippen LogP contribution in [0.15, 0.2) is 36.7 Å². The van der Waals surface area contributed by atoms with E-state index < -0.39 is 0 Å². The third-order valence-corrected chi connectivity index (χ3v) is 2.23. The smallest absolute Gasteiger partial charge is 0.275 e. The van der Waals surface area contributed by atoms with Crippen molar-refractivity contribution in [2.45, 2.75) is 0 Å². The van der Waals surface area contributed by atoms with E-state index in [4.69, 9.17) is 10.5 Å². The van der Waals surface area contributed by atoms with Crippen LogP contribution in [-0.4, -0.2) is 23.0 Å². The second-order valence-corrected chi connectivity index (χ2v) is 3.51. The molecule has 0 radical (unpaired) electrons. The van der Waals surface area contributed by atoms with Gasteiger partial charge in [0.15, 0.2) is 0 Å². The van der Waals surface area contributed by atoms with Gasteiger partial charge in [-0.1, -0.05) is 6.07 Å². The minimum Gasteiger partial charge on any atom is -0.497 e. The van der Waals surface area contributed by atoms with Crippen molar-refractivity contribution < 1.29 is 9.53 Å². The van der Waals surface area contributed by atoms with E-state index in [0.717, 1.165) is 0 Å². The van der Waals surface area contributed by atoms with Crippen molar-refractivity contribution >= 4 is 17.4 Å². The molecule has 1 aromatic heterocycles. The van der Waals surface area contributed by atoms with Gasteiger partial charge in [0.05, 0.1) is 19.5 Å². The van der Waals surface area contributed by atoms with Crippen LogP contribution in [0.3, 0.4) is 0 Å². The summed E-state index contributed by atoms with van der Waals surface area (Å²) in [4.78, 5) is 19.5. The molecule has 6 heteroatoms. The van der Waals surface area contributed by atoms with Crippen LogP contribution >= 0.6 is 0 Å². The normalized spacial score (nSPS) is 9.83. The van der Waals surface area contributed by atoms with Gasteiger partial charge in [-0.2, -0.15) is 0 Å². The number of ether oxygens (including phenoxy) is 1. The summed E-state index contributed by atoms with van der Waals surface area (Å²) in [6.07, 6.45) is 2.66. The fraction of sp³-hybridized carbons (Fsp3) is 0.0833. The number of rotatable bonds is 3. The Balaban J connectivity index is 2.13. The van der Waals surface area contributed by atoms with E-state index in [9.17, 15) is 4.79 Å². The average Bonchev–Trinajstić information content (AvgIpc) is 2.39. The summed E-state index contributed by atoms with van der Waals surface area (Å²) in [6.45, 7) is 0. The van der Waals surface area contributed by atoms with Gasteiger partial charge < -0.3 is 15.8 Å². The number of amides is 1. The molecular weight excluding hydrogens is 232 g/mol. The highest BCUT2D eigenvalue weighted by Gasteiger charge is 2.08. The first-order chi connectivity index (χ1) is 8.69. The Morgan fingerprint density at radius 2 is 2.17 bits per heavy atom. The highest BCUT2D eigenvalue weighted by atomic mass is 16.5. The molecule has 0 aliphatic rings. The molecule has 0 unspecified atom stereocenters. The van der Waals surface area contributed by atoms with Crippen molar-refractivity contribution in [3.63, 3.8) is 0 Å². The maximum atomic E-state index is 11.8. The van der Waals surface area contributed by atoms with Crippen molar-refractivity contribution in [3.8, 4) is 5.75 Å². The Labute approximate surface area is 104 Å². The SMILES string of the molecule is COc1cccc(NC(=O)c2cnc(N)cn2)c1. The lowest BCUT2D eigenvalue weighted by Gasteiger charge is -2.06. The number of hydrogen-bond donors (Lipinski definition) is 2. The molecule has 0 aliphatic carbocycles. The number of carbonyl (C=O) groups excluding carboxylic acids is 1. The molecule has 0 bridgehead atoms.